The predicted octanol–water partition coefficient (Wildman–Crippen LogP) is 12.9. The molecule has 0 saturated heterocycles. The quantitative estimate of drug-likeness (QED) is 0.152. The molecule has 0 spiro atoms. The van der Waals surface area contributed by atoms with Crippen molar-refractivity contribution in [1.29, 1.82) is 0 Å². The van der Waals surface area contributed by atoms with Crippen molar-refractivity contribution in [3.8, 4) is 89.4 Å². The van der Waals surface area contributed by atoms with Gasteiger partial charge in [0.2, 0.25) is 0 Å². The summed E-state index contributed by atoms with van der Waals surface area (Å²) in [6.07, 6.45) is 0. The van der Waals surface area contributed by atoms with Crippen LogP contribution >= 0.6 is 0 Å². The first-order valence-electron chi connectivity index (χ1n) is 19.6. The summed E-state index contributed by atoms with van der Waals surface area (Å²) in [5.74, 6) is 0.767. The lowest BCUT2D eigenvalue weighted by Gasteiger charge is -2.19. The Kier molecular flexibility index (Phi) is 8.66. The van der Waals surface area contributed by atoms with Crippen molar-refractivity contribution >= 4 is 18.6 Å². The van der Waals surface area contributed by atoms with E-state index in [0.29, 0.717) is 0 Å². The summed E-state index contributed by atoms with van der Waals surface area (Å²) in [6, 6.07) is 74.2. The first-order chi connectivity index (χ1) is 28.0. The zero-order chi connectivity index (χ0) is 38.3. The minimum atomic E-state index is -2.13. The highest BCUT2D eigenvalue weighted by molar-refractivity contribution is 7.03. The van der Waals surface area contributed by atoms with Gasteiger partial charge in [-0.2, -0.15) is 0 Å². The zero-order valence-electron chi connectivity index (χ0n) is 32.0. The molecule has 2 nitrogen and oxygen atoms in total. The Morgan fingerprint density at radius 1 is 0.316 bits per heavy atom. The van der Waals surface area contributed by atoms with Gasteiger partial charge in [0.05, 0.1) is 5.69 Å². The van der Waals surface area contributed by atoms with E-state index in [1.807, 2.05) is 0 Å². The molecule has 1 aliphatic heterocycles. The Bertz CT molecular complexity index is 2910. The second-order valence-electron chi connectivity index (χ2n) is 15.4. The average Bonchev–Trinajstić information content (AvgIpc) is 3.52. The Hall–Kier alpha value is -6.94. The van der Waals surface area contributed by atoms with Gasteiger partial charge in [-0.1, -0.05) is 195 Å². The van der Waals surface area contributed by atoms with Crippen molar-refractivity contribution < 1.29 is 0 Å². The van der Waals surface area contributed by atoms with E-state index in [1.165, 1.54) is 66.1 Å². The summed E-state index contributed by atoms with van der Waals surface area (Å²) >= 11 is 0. The molecule has 9 aromatic rings. The molecule has 10 rings (SSSR count). The number of hydrogen-bond acceptors (Lipinski definition) is 2. The third-order valence-electron chi connectivity index (χ3n) is 11.5. The summed E-state index contributed by atoms with van der Waals surface area (Å²) in [5, 5.41) is 2.62. The van der Waals surface area contributed by atoms with Crippen LogP contribution in [-0.2, 0) is 0 Å². The van der Waals surface area contributed by atoms with Gasteiger partial charge in [-0.15, -0.1) is 0 Å². The molecule has 0 unspecified atom stereocenters. The van der Waals surface area contributed by atoms with Gasteiger partial charge in [-0.25, -0.2) is 9.97 Å². The Morgan fingerprint density at radius 3 is 1.25 bits per heavy atom. The number of hydrogen-bond donors (Lipinski definition) is 0. The lowest BCUT2D eigenvalue weighted by molar-refractivity contribution is 1.21. The van der Waals surface area contributed by atoms with Crippen LogP contribution < -0.4 is 10.5 Å². The molecule has 0 amide bonds. The van der Waals surface area contributed by atoms with Crippen molar-refractivity contribution in [2.45, 2.75) is 13.1 Å². The highest BCUT2D eigenvalue weighted by atomic mass is 28.3. The van der Waals surface area contributed by atoms with Gasteiger partial charge in [0.1, 0.15) is 8.07 Å². The van der Waals surface area contributed by atoms with E-state index in [9.17, 15) is 0 Å². The van der Waals surface area contributed by atoms with Crippen molar-refractivity contribution in [1.82, 2.24) is 9.97 Å². The Morgan fingerprint density at radius 2 is 0.684 bits per heavy atom. The fourth-order valence-electron chi connectivity index (χ4n) is 8.44. The lowest BCUT2D eigenvalue weighted by atomic mass is 9.95. The Labute approximate surface area is 335 Å². The molecular weight excluding hydrogens is 705 g/mol. The summed E-state index contributed by atoms with van der Waals surface area (Å²) in [5.41, 5.74) is 17.5. The van der Waals surface area contributed by atoms with Crippen LogP contribution in [0.4, 0.5) is 0 Å². The van der Waals surface area contributed by atoms with Crippen LogP contribution in [0.25, 0.3) is 89.4 Å². The lowest BCUT2D eigenvalue weighted by Crippen LogP contribution is -2.50. The molecule has 8 aromatic carbocycles. The third kappa shape index (κ3) is 6.42. The highest BCUT2D eigenvalue weighted by Crippen LogP contribution is 2.39. The molecular formula is C54H40N2Si. The summed E-state index contributed by atoms with van der Waals surface area (Å²) in [6.45, 7) is 4.86. The maximum absolute atomic E-state index is 5.49. The van der Waals surface area contributed by atoms with Gasteiger partial charge in [0.15, 0.2) is 5.82 Å². The van der Waals surface area contributed by atoms with Crippen LogP contribution in [0.5, 0.6) is 0 Å². The molecule has 2 heterocycles. The molecule has 57 heavy (non-hydrogen) atoms. The minimum absolute atomic E-state index is 0.767. The molecule has 270 valence electrons. The van der Waals surface area contributed by atoms with Crippen LogP contribution in [0, 0.1) is 0 Å². The highest BCUT2D eigenvalue weighted by Gasteiger charge is 2.41. The topological polar surface area (TPSA) is 25.8 Å². The average molecular weight is 745 g/mol. The second kappa shape index (κ2) is 14.3. The van der Waals surface area contributed by atoms with Crippen LogP contribution in [0.15, 0.2) is 206 Å². The first kappa shape index (κ1) is 34.5. The molecule has 1 aliphatic rings. The molecule has 0 radical (unpaired) electrons. The number of aromatic nitrogens is 2. The number of benzene rings is 8. The van der Waals surface area contributed by atoms with Crippen molar-refractivity contribution in [2.24, 2.45) is 0 Å². The van der Waals surface area contributed by atoms with E-state index in [-0.39, 0.29) is 0 Å². The predicted molar refractivity (Wildman–Crippen MR) is 242 cm³/mol. The van der Waals surface area contributed by atoms with Crippen LogP contribution in [-0.4, -0.2) is 18.0 Å². The third-order valence-corrected chi connectivity index (χ3v) is 14.8. The number of rotatable bonds is 7. The maximum Gasteiger partial charge on any atom is 0.159 e. The molecule has 0 fully saturated rings. The largest absolute Gasteiger partial charge is 0.237 e. The van der Waals surface area contributed by atoms with Gasteiger partial charge in [-0.3, -0.25) is 0 Å². The van der Waals surface area contributed by atoms with Gasteiger partial charge in [0.25, 0.3) is 0 Å². The van der Waals surface area contributed by atoms with E-state index in [0.717, 1.165) is 33.8 Å². The van der Waals surface area contributed by atoms with E-state index in [1.54, 1.807) is 0 Å². The molecule has 0 aliphatic carbocycles. The van der Waals surface area contributed by atoms with E-state index >= 15 is 0 Å². The molecule has 0 N–H and O–H groups in total. The fourth-order valence-corrected chi connectivity index (χ4v) is 11.3. The van der Waals surface area contributed by atoms with Gasteiger partial charge in [0, 0.05) is 22.0 Å². The number of nitrogens with zero attached hydrogens (tertiary/aromatic N) is 2. The molecule has 0 bridgehead atoms. The van der Waals surface area contributed by atoms with Crippen molar-refractivity contribution in [3.63, 3.8) is 0 Å². The van der Waals surface area contributed by atoms with E-state index in [2.05, 4.69) is 219 Å². The van der Waals surface area contributed by atoms with Crippen LogP contribution in [0.3, 0.4) is 0 Å². The summed E-state index contributed by atoms with van der Waals surface area (Å²) in [4.78, 5) is 11.0. The Balaban J connectivity index is 1.06. The van der Waals surface area contributed by atoms with Crippen LogP contribution in [0.2, 0.25) is 13.1 Å². The maximum atomic E-state index is 5.49. The second-order valence-corrected chi connectivity index (χ2v) is 19.7. The van der Waals surface area contributed by atoms with Gasteiger partial charge in [-0.05, 0) is 90.7 Å². The first-order valence-corrected chi connectivity index (χ1v) is 22.6. The number of fused-ring (bicyclic) bond motifs is 3. The van der Waals surface area contributed by atoms with Gasteiger partial charge >= 0.3 is 0 Å². The monoisotopic (exact) mass is 744 g/mol. The molecule has 1 aromatic heterocycles. The normalized spacial score (nSPS) is 12.5. The summed E-state index contributed by atoms with van der Waals surface area (Å²) < 4.78 is 0. The van der Waals surface area contributed by atoms with E-state index < -0.39 is 8.07 Å². The van der Waals surface area contributed by atoms with Crippen molar-refractivity contribution in [2.75, 3.05) is 0 Å². The molecule has 3 heteroatoms. The standard InChI is InChI=1S/C54H40N2Si/c1-57(2)50-28-10-9-27-49(50)51-52(47-25-13-23-45(35-47)43-21-11-19-41(33-43)38-17-7-4-8-18-38)55-53(56-54(51)57)48-26-14-24-46(36-48)44-22-12-20-42(34-44)40-31-29-39(30-32-40)37-15-5-3-6-16-37/h3-36H,1-2H3. The van der Waals surface area contributed by atoms with Gasteiger partial charge < -0.3 is 0 Å². The molecule has 0 atom stereocenters. The zero-order valence-corrected chi connectivity index (χ0v) is 33.0. The SMILES string of the molecule is C[Si]1(C)c2ccccc2-c2c(-c3cccc(-c4cccc(-c5ccccc5)c4)c3)nc(-c3cccc(-c4cccc(-c5ccc(-c6ccccc6)cc5)c4)c3)nc21. The minimum Gasteiger partial charge on any atom is -0.237 e. The van der Waals surface area contributed by atoms with Crippen molar-refractivity contribution in [3.05, 3.63) is 206 Å². The summed E-state index contributed by atoms with van der Waals surface area (Å²) in [7, 11) is -2.13. The van der Waals surface area contributed by atoms with Crippen LogP contribution in [0.1, 0.15) is 0 Å². The molecule has 0 saturated carbocycles. The van der Waals surface area contributed by atoms with E-state index in [4.69, 9.17) is 9.97 Å². The fraction of sp³-hybridized carbons (Fsp3) is 0.0370. The smallest absolute Gasteiger partial charge is 0.159 e.